The van der Waals surface area contributed by atoms with Gasteiger partial charge in [0.15, 0.2) is 11.7 Å². The zero-order valence-corrected chi connectivity index (χ0v) is 16.3. The second-order valence-corrected chi connectivity index (χ2v) is 6.45. The normalized spacial score (nSPS) is 10.4. The van der Waals surface area contributed by atoms with Crippen LogP contribution in [-0.4, -0.2) is 32.8 Å². The van der Waals surface area contributed by atoms with Crippen LogP contribution < -0.4 is 20.9 Å². The van der Waals surface area contributed by atoms with Gasteiger partial charge in [0.2, 0.25) is 5.88 Å². The first kappa shape index (κ1) is 19.3. The summed E-state index contributed by atoms with van der Waals surface area (Å²) in [5.74, 6) is -0.253. The summed E-state index contributed by atoms with van der Waals surface area (Å²) in [6.45, 7) is -0.299. The van der Waals surface area contributed by atoms with Crippen LogP contribution in [0, 0.1) is 0 Å². The second kappa shape index (κ2) is 8.97. The Kier molecular flexibility index (Phi) is 5.76. The zero-order valence-electron chi connectivity index (χ0n) is 15.5. The predicted octanol–water partition coefficient (Wildman–Crippen LogP) is 2.68. The summed E-state index contributed by atoms with van der Waals surface area (Å²) >= 11 is 5.14. The molecule has 0 radical (unpaired) electrons. The number of nitrogens with zero attached hydrogens (tertiary/aromatic N) is 3. The molecule has 0 bridgehead atoms. The van der Waals surface area contributed by atoms with E-state index in [1.165, 1.54) is 6.33 Å². The second-order valence-electron chi connectivity index (χ2n) is 6.04. The molecule has 9 nitrogen and oxygen atoms in total. The summed E-state index contributed by atoms with van der Waals surface area (Å²) in [5, 5.41) is 7.73. The molecular weight excluding hydrogens is 404 g/mol. The number of rotatable bonds is 5. The van der Waals surface area contributed by atoms with E-state index in [2.05, 4.69) is 31.3 Å². The minimum Gasteiger partial charge on any atom is -0.467 e. The van der Waals surface area contributed by atoms with E-state index in [1.807, 2.05) is 60.7 Å². The van der Waals surface area contributed by atoms with E-state index in [0.29, 0.717) is 11.1 Å². The number of benzene rings is 2. The standard InChI is InChI=1S/C20H16N6O3S/c27-15(24-25-20(30)23-14-9-5-2-6-10-14)11-28-18-16-17(13-7-3-1-4-8-13)26-29-19(16)22-12-21-18/h1-10,12H,11H2,(H,24,27)(H2,23,25,30). The molecule has 1 amide bonds. The summed E-state index contributed by atoms with van der Waals surface area (Å²) in [7, 11) is 0. The van der Waals surface area contributed by atoms with Gasteiger partial charge in [-0.2, -0.15) is 4.98 Å². The fourth-order valence-corrected chi connectivity index (χ4v) is 2.81. The Morgan fingerprint density at radius 3 is 2.50 bits per heavy atom. The molecule has 0 spiro atoms. The van der Waals surface area contributed by atoms with Crippen molar-refractivity contribution in [2.75, 3.05) is 11.9 Å². The van der Waals surface area contributed by atoms with Gasteiger partial charge >= 0.3 is 0 Å². The third kappa shape index (κ3) is 4.50. The first-order valence-electron chi connectivity index (χ1n) is 8.90. The van der Waals surface area contributed by atoms with Gasteiger partial charge in [0, 0.05) is 11.3 Å². The summed E-state index contributed by atoms with van der Waals surface area (Å²) < 4.78 is 10.9. The Hall–Kier alpha value is -4.05. The van der Waals surface area contributed by atoms with Crippen molar-refractivity contribution in [3.63, 3.8) is 0 Å². The first-order chi connectivity index (χ1) is 14.7. The van der Waals surface area contributed by atoms with Crippen LogP contribution >= 0.6 is 12.2 Å². The molecule has 2 heterocycles. The van der Waals surface area contributed by atoms with Crippen LogP contribution in [0.15, 0.2) is 71.5 Å². The Balaban J connectivity index is 1.38. The SMILES string of the molecule is O=C(COc1ncnc2onc(-c3ccccc3)c12)NNC(=S)Nc1ccccc1. The molecule has 2 aromatic heterocycles. The molecule has 150 valence electrons. The van der Waals surface area contributed by atoms with Gasteiger partial charge in [-0.15, -0.1) is 0 Å². The molecule has 0 aliphatic carbocycles. The van der Waals surface area contributed by atoms with E-state index in [4.69, 9.17) is 21.5 Å². The molecule has 0 saturated carbocycles. The van der Waals surface area contributed by atoms with Crippen LogP contribution in [0.4, 0.5) is 5.69 Å². The summed E-state index contributed by atoms with van der Waals surface area (Å²) in [6.07, 6.45) is 1.28. The van der Waals surface area contributed by atoms with E-state index in [1.54, 1.807) is 0 Å². The van der Waals surface area contributed by atoms with E-state index in [-0.39, 0.29) is 23.3 Å². The number of hydrazine groups is 1. The average Bonchev–Trinajstić information content (AvgIpc) is 3.22. The number of hydrogen-bond acceptors (Lipinski definition) is 7. The van der Waals surface area contributed by atoms with Crippen molar-refractivity contribution in [1.29, 1.82) is 0 Å². The van der Waals surface area contributed by atoms with Crippen LogP contribution in [0.1, 0.15) is 0 Å². The lowest BCUT2D eigenvalue weighted by atomic mass is 10.1. The summed E-state index contributed by atoms with van der Waals surface area (Å²) in [4.78, 5) is 20.3. The van der Waals surface area contributed by atoms with E-state index in [0.717, 1.165) is 11.3 Å². The quantitative estimate of drug-likeness (QED) is 0.331. The highest BCUT2D eigenvalue weighted by Gasteiger charge is 2.18. The Labute approximate surface area is 176 Å². The summed E-state index contributed by atoms with van der Waals surface area (Å²) in [6, 6.07) is 18.7. The summed E-state index contributed by atoms with van der Waals surface area (Å²) in [5.41, 5.74) is 7.49. The monoisotopic (exact) mass is 420 g/mol. The maximum Gasteiger partial charge on any atom is 0.276 e. The van der Waals surface area contributed by atoms with Crippen LogP contribution in [0.3, 0.4) is 0 Å². The fourth-order valence-electron chi connectivity index (χ4n) is 2.64. The molecular formula is C20H16N6O3S. The molecule has 4 rings (SSSR count). The van der Waals surface area contributed by atoms with Crippen molar-refractivity contribution in [3.8, 4) is 17.1 Å². The Morgan fingerprint density at radius 1 is 1.00 bits per heavy atom. The fraction of sp³-hybridized carbons (Fsp3) is 0.0500. The lowest BCUT2D eigenvalue weighted by Gasteiger charge is -2.12. The van der Waals surface area contributed by atoms with Gasteiger partial charge in [-0.1, -0.05) is 53.7 Å². The maximum absolute atomic E-state index is 12.1. The van der Waals surface area contributed by atoms with Crippen molar-refractivity contribution in [2.45, 2.75) is 0 Å². The number of aromatic nitrogens is 3. The minimum atomic E-state index is -0.448. The highest BCUT2D eigenvalue weighted by atomic mass is 32.1. The van der Waals surface area contributed by atoms with Crippen LogP contribution in [-0.2, 0) is 4.79 Å². The van der Waals surface area contributed by atoms with E-state index in [9.17, 15) is 4.79 Å². The van der Waals surface area contributed by atoms with Gasteiger partial charge in [-0.05, 0) is 24.4 Å². The van der Waals surface area contributed by atoms with Crippen molar-refractivity contribution >= 4 is 40.0 Å². The molecule has 0 aliphatic rings. The topological polar surface area (TPSA) is 114 Å². The number of amides is 1. The molecule has 0 saturated heterocycles. The van der Waals surface area contributed by atoms with Crippen molar-refractivity contribution < 1.29 is 14.1 Å². The number of anilines is 1. The number of fused-ring (bicyclic) bond motifs is 1. The van der Waals surface area contributed by atoms with E-state index < -0.39 is 5.91 Å². The molecule has 0 aliphatic heterocycles. The first-order valence-corrected chi connectivity index (χ1v) is 9.31. The van der Waals surface area contributed by atoms with E-state index >= 15 is 0 Å². The lowest BCUT2D eigenvalue weighted by molar-refractivity contribution is -0.123. The number of ether oxygens (including phenoxy) is 1. The number of carbonyl (C=O) groups excluding carboxylic acids is 1. The number of hydrogen-bond donors (Lipinski definition) is 3. The van der Waals surface area contributed by atoms with Crippen LogP contribution in [0.25, 0.3) is 22.4 Å². The van der Waals surface area contributed by atoms with Gasteiger partial charge in [0.05, 0.1) is 0 Å². The van der Waals surface area contributed by atoms with Gasteiger partial charge in [-0.3, -0.25) is 15.6 Å². The molecule has 30 heavy (non-hydrogen) atoms. The van der Waals surface area contributed by atoms with Gasteiger partial charge in [0.1, 0.15) is 17.4 Å². The third-order valence-electron chi connectivity index (χ3n) is 3.97. The highest BCUT2D eigenvalue weighted by Crippen LogP contribution is 2.32. The Morgan fingerprint density at radius 2 is 1.73 bits per heavy atom. The lowest BCUT2D eigenvalue weighted by Crippen LogP contribution is -2.45. The molecule has 10 heteroatoms. The highest BCUT2D eigenvalue weighted by molar-refractivity contribution is 7.80. The minimum absolute atomic E-state index is 0.195. The predicted molar refractivity (Wildman–Crippen MR) is 114 cm³/mol. The Bertz CT molecular complexity index is 1170. The molecule has 0 fully saturated rings. The third-order valence-corrected chi connectivity index (χ3v) is 4.18. The number of nitrogens with one attached hydrogen (secondary N) is 3. The van der Waals surface area contributed by atoms with Crippen LogP contribution in [0.2, 0.25) is 0 Å². The van der Waals surface area contributed by atoms with Crippen LogP contribution in [0.5, 0.6) is 5.88 Å². The largest absolute Gasteiger partial charge is 0.467 e. The smallest absolute Gasteiger partial charge is 0.276 e. The molecule has 2 aromatic carbocycles. The van der Waals surface area contributed by atoms with Gasteiger partial charge < -0.3 is 14.6 Å². The van der Waals surface area contributed by atoms with Gasteiger partial charge in [-0.25, -0.2) is 4.98 Å². The average molecular weight is 420 g/mol. The number of para-hydroxylation sites is 1. The van der Waals surface area contributed by atoms with Crippen molar-refractivity contribution in [1.82, 2.24) is 26.0 Å². The molecule has 3 N–H and O–H groups in total. The van der Waals surface area contributed by atoms with Gasteiger partial charge in [0.25, 0.3) is 11.6 Å². The zero-order chi connectivity index (χ0) is 20.8. The molecule has 0 atom stereocenters. The molecule has 4 aromatic rings. The van der Waals surface area contributed by atoms with Crippen molar-refractivity contribution in [3.05, 3.63) is 67.0 Å². The maximum atomic E-state index is 12.1. The van der Waals surface area contributed by atoms with Crippen molar-refractivity contribution in [2.24, 2.45) is 0 Å². The number of carbonyl (C=O) groups is 1. The molecule has 0 unspecified atom stereocenters. The number of thiocarbonyl (C=S) groups is 1.